The van der Waals surface area contributed by atoms with Crippen molar-refractivity contribution in [1.29, 1.82) is 0 Å². The summed E-state index contributed by atoms with van der Waals surface area (Å²) in [6.07, 6.45) is 6.47. The molecule has 0 spiro atoms. The molecule has 4 rings (SSSR count). The molecule has 3 aliphatic rings. The number of H-pyrrole nitrogens is 1. The maximum absolute atomic E-state index is 12.6. The third kappa shape index (κ3) is 3.05. The molecule has 0 saturated heterocycles. The minimum atomic E-state index is -0.547. The van der Waals surface area contributed by atoms with Crippen molar-refractivity contribution in [3.8, 4) is 0 Å². The number of allylic oxidation sites excluding steroid dienone is 2. The first kappa shape index (κ1) is 15.8. The Morgan fingerprint density at radius 3 is 2.30 bits per heavy atom. The molecular formula is C18H23NO4. The Labute approximate surface area is 136 Å². The highest BCUT2D eigenvalue weighted by Crippen LogP contribution is 2.48. The highest BCUT2D eigenvalue weighted by Gasteiger charge is 2.37. The van der Waals surface area contributed by atoms with Gasteiger partial charge in [0, 0.05) is 18.8 Å². The van der Waals surface area contributed by atoms with E-state index in [0.717, 1.165) is 29.7 Å². The topological polar surface area (TPSA) is 68.4 Å². The van der Waals surface area contributed by atoms with Gasteiger partial charge in [0.05, 0.1) is 5.69 Å². The highest BCUT2D eigenvalue weighted by molar-refractivity contribution is 5.91. The Balaban J connectivity index is 1.99. The smallest absolute Gasteiger partial charge is 0.355 e. The number of aromatic amines is 1. The van der Waals surface area contributed by atoms with Gasteiger partial charge in [-0.15, -0.1) is 0 Å². The van der Waals surface area contributed by atoms with Crippen molar-refractivity contribution in [2.75, 3.05) is 0 Å². The van der Waals surface area contributed by atoms with Gasteiger partial charge in [0.2, 0.25) is 0 Å². The van der Waals surface area contributed by atoms with Gasteiger partial charge >= 0.3 is 11.9 Å². The molecule has 124 valence electrons. The van der Waals surface area contributed by atoms with E-state index >= 15 is 0 Å². The van der Waals surface area contributed by atoms with Crippen molar-refractivity contribution in [3.05, 3.63) is 34.7 Å². The summed E-state index contributed by atoms with van der Waals surface area (Å²) in [6.45, 7) is 7.11. The van der Waals surface area contributed by atoms with E-state index in [0.29, 0.717) is 5.69 Å². The van der Waals surface area contributed by atoms with Gasteiger partial charge in [-0.2, -0.15) is 0 Å². The van der Waals surface area contributed by atoms with Crippen LogP contribution >= 0.6 is 0 Å². The van der Waals surface area contributed by atoms with Crippen LogP contribution in [0.4, 0.5) is 0 Å². The molecular weight excluding hydrogens is 294 g/mol. The number of carbonyl (C=O) groups excluding carboxylic acids is 2. The summed E-state index contributed by atoms with van der Waals surface area (Å²) in [5.41, 5.74) is 2.92. The summed E-state index contributed by atoms with van der Waals surface area (Å²) >= 11 is 0. The third-order valence-electron chi connectivity index (χ3n) is 4.29. The Kier molecular flexibility index (Phi) is 3.82. The van der Waals surface area contributed by atoms with E-state index in [1.165, 1.54) is 6.92 Å². The summed E-state index contributed by atoms with van der Waals surface area (Å²) in [4.78, 5) is 26.9. The van der Waals surface area contributed by atoms with Gasteiger partial charge in [0.25, 0.3) is 0 Å². The minimum absolute atomic E-state index is 0.164. The summed E-state index contributed by atoms with van der Waals surface area (Å²) in [5.74, 6) is -0.153. The standard InChI is InChI=1S/C18H23NO4/c1-10(20)22-9-13-14-11-5-7-12(8-6-11)15(14)16(19-13)17(21)23-18(2,3)4/h5,7,11-12,19H,6,8-9H2,1-4H3. The van der Waals surface area contributed by atoms with Gasteiger partial charge in [-0.05, 0) is 44.7 Å². The maximum Gasteiger partial charge on any atom is 0.355 e. The van der Waals surface area contributed by atoms with Crippen LogP contribution < -0.4 is 0 Å². The molecule has 5 heteroatoms. The zero-order valence-electron chi connectivity index (χ0n) is 14.1. The van der Waals surface area contributed by atoms with Crippen molar-refractivity contribution in [1.82, 2.24) is 4.98 Å². The lowest BCUT2D eigenvalue weighted by molar-refractivity contribution is -0.142. The van der Waals surface area contributed by atoms with Crippen LogP contribution in [0.3, 0.4) is 0 Å². The van der Waals surface area contributed by atoms with Crippen LogP contribution in [0.2, 0.25) is 0 Å². The Morgan fingerprint density at radius 1 is 1.17 bits per heavy atom. The van der Waals surface area contributed by atoms with Crippen molar-refractivity contribution < 1.29 is 19.1 Å². The molecule has 1 N–H and O–H groups in total. The van der Waals surface area contributed by atoms with Crippen LogP contribution in [0.25, 0.3) is 0 Å². The minimum Gasteiger partial charge on any atom is -0.459 e. The number of fused-ring (bicyclic) bond motifs is 1. The van der Waals surface area contributed by atoms with E-state index in [4.69, 9.17) is 9.47 Å². The average molecular weight is 317 g/mol. The van der Waals surface area contributed by atoms with E-state index < -0.39 is 5.60 Å². The van der Waals surface area contributed by atoms with Gasteiger partial charge < -0.3 is 14.5 Å². The van der Waals surface area contributed by atoms with Crippen molar-refractivity contribution in [2.24, 2.45) is 0 Å². The lowest BCUT2D eigenvalue weighted by atomic mass is 9.71. The number of rotatable bonds is 3. The predicted molar refractivity (Wildman–Crippen MR) is 85.3 cm³/mol. The zero-order chi connectivity index (χ0) is 16.8. The highest BCUT2D eigenvalue weighted by atomic mass is 16.6. The first-order valence-electron chi connectivity index (χ1n) is 8.06. The molecule has 5 nitrogen and oxygen atoms in total. The molecule has 1 aromatic rings. The fourth-order valence-electron chi connectivity index (χ4n) is 3.47. The van der Waals surface area contributed by atoms with Gasteiger partial charge in [0.15, 0.2) is 0 Å². The molecule has 2 unspecified atom stereocenters. The summed E-state index contributed by atoms with van der Waals surface area (Å²) < 4.78 is 10.7. The molecule has 0 aromatic carbocycles. The van der Waals surface area contributed by atoms with Crippen molar-refractivity contribution >= 4 is 11.9 Å². The Bertz CT molecular complexity index is 678. The summed E-state index contributed by atoms with van der Waals surface area (Å²) in [7, 11) is 0. The molecule has 0 saturated carbocycles. The zero-order valence-corrected chi connectivity index (χ0v) is 14.1. The van der Waals surface area contributed by atoms with Crippen LogP contribution in [0, 0.1) is 0 Å². The number of esters is 2. The van der Waals surface area contributed by atoms with Crippen LogP contribution in [0.1, 0.15) is 79.7 Å². The van der Waals surface area contributed by atoms with Gasteiger partial charge in [-0.25, -0.2) is 4.79 Å². The molecule has 0 fully saturated rings. The SMILES string of the molecule is CC(=O)OCc1[nH]c(C(=O)OC(C)(C)C)c2c1C1C=CC2CC1. The number of ether oxygens (including phenoxy) is 2. The first-order valence-corrected chi connectivity index (χ1v) is 8.06. The van der Waals surface area contributed by atoms with E-state index in [2.05, 4.69) is 17.1 Å². The largest absolute Gasteiger partial charge is 0.459 e. The van der Waals surface area contributed by atoms with Crippen LogP contribution in [-0.4, -0.2) is 22.5 Å². The van der Waals surface area contributed by atoms with Gasteiger partial charge in [-0.1, -0.05) is 12.2 Å². The second-order valence-electron chi connectivity index (χ2n) is 7.26. The number of nitrogens with one attached hydrogen (secondary N) is 1. The van der Waals surface area contributed by atoms with E-state index in [9.17, 15) is 9.59 Å². The first-order chi connectivity index (χ1) is 10.8. The molecule has 0 aliphatic heterocycles. The lowest BCUT2D eigenvalue weighted by Crippen LogP contribution is -2.26. The molecule has 2 atom stereocenters. The Morgan fingerprint density at radius 2 is 1.78 bits per heavy atom. The lowest BCUT2D eigenvalue weighted by Gasteiger charge is -2.32. The number of hydrogen-bond acceptors (Lipinski definition) is 4. The molecule has 3 aliphatic carbocycles. The van der Waals surface area contributed by atoms with Gasteiger partial charge in [0.1, 0.15) is 17.9 Å². The van der Waals surface area contributed by atoms with Crippen LogP contribution in [0.15, 0.2) is 12.2 Å². The number of hydrogen-bond donors (Lipinski definition) is 1. The van der Waals surface area contributed by atoms with E-state index in [-0.39, 0.29) is 30.4 Å². The normalized spacial score (nSPS) is 21.9. The fraction of sp³-hybridized carbons (Fsp3) is 0.556. The third-order valence-corrected chi connectivity index (χ3v) is 4.29. The second-order valence-corrected chi connectivity index (χ2v) is 7.26. The second kappa shape index (κ2) is 5.55. The molecule has 0 amide bonds. The Hall–Kier alpha value is -2.04. The summed E-state index contributed by atoms with van der Waals surface area (Å²) in [5, 5.41) is 0. The number of aromatic nitrogens is 1. The average Bonchev–Trinajstić information content (AvgIpc) is 2.86. The maximum atomic E-state index is 12.6. The quantitative estimate of drug-likeness (QED) is 0.683. The molecule has 2 bridgehead atoms. The number of carbonyl (C=O) groups is 2. The van der Waals surface area contributed by atoms with Crippen molar-refractivity contribution in [2.45, 2.75) is 64.6 Å². The van der Waals surface area contributed by atoms with Crippen LogP contribution in [-0.2, 0) is 20.9 Å². The van der Waals surface area contributed by atoms with Crippen molar-refractivity contribution in [3.63, 3.8) is 0 Å². The monoisotopic (exact) mass is 317 g/mol. The molecule has 23 heavy (non-hydrogen) atoms. The van der Waals surface area contributed by atoms with E-state index in [1.54, 1.807) is 0 Å². The predicted octanol–water partition coefficient (Wildman–Crippen LogP) is 3.56. The molecule has 1 aromatic heterocycles. The van der Waals surface area contributed by atoms with E-state index in [1.807, 2.05) is 20.8 Å². The summed E-state index contributed by atoms with van der Waals surface area (Å²) in [6, 6.07) is 0. The fourth-order valence-corrected chi connectivity index (χ4v) is 3.47. The van der Waals surface area contributed by atoms with Crippen LogP contribution in [0.5, 0.6) is 0 Å². The molecule has 0 radical (unpaired) electrons. The van der Waals surface area contributed by atoms with Gasteiger partial charge in [-0.3, -0.25) is 4.79 Å². The molecule has 1 heterocycles.